The Balaban J connectivity index is 2.10. The summed E-state index contributed by atoms with van der Waals surface area (Å²) in [5.41, 5.74) is 0. The molecule has 0 spiro atoms. The Labute approximate surface area is 70.6 Å². The quantitative estimate of drug-likeness (QED) is 0.643. The molecule has 1 saturated carbocycles. The van der Waals surface area contributed by atoms with E-state index in [0.717, 1.165) is 18.4 Å². The molecule has 1 aliphatic rings. The second-order valence-electron chi connectivity index (χ2n) is 4.00. The number of hydrogen-bond donors (Lipinski definition) is 1. The zero-order valence-electron chi connectivity index (χ0n) is 8.06. The largest absolute Gasteiger partial charge is 0.314 e. The topological polar surface area (TPSA) is 12.0 Å². The minimum absolute atomic E-state index is 0.709. The molecule has 0 aromatic heterocycles. The third kappa shape index (κ3) is 3.24. The van der Waals surface area contributed by atoms with Crippen molar-refractivity contribution < 1.29 is 0 Å². The molecular weight excluding hydrogens is 134 g/mol. The SMILES string of the molecule is CCNC(C)C(C)CC1CC1. The van der Waals surface area contributed by atoms with Gasteiger partial charge in [-0.1, -0.05) is 26.7 Å². The molecule has 0 bridgehead atoms. The van der Waals surface area contributed by atoms with Crippen LogP contribution < -0.4 is 5.32 Å². The van der Waals surface area contributed by atoms with Crippen LogP contribution in [0.2, 0.25) is 0 Å². The van der Waals surface area contributed by atoms with Crippen LogP contribution >= 0.6 is 0 Å². The van der Waals surface area contributed by atoms with Gasteiger partial charge in [0.05, 0.1) is 0 Å². The monoisotopic (exact) mass is 155 g/mol. The molecule has 1 aliphatic carbocycles. The van der Waals surface area contributed by atoms with Gasteiger partial charge in [0.2, 0.25) is 0 Å². The van der Waals surface area contributed by atoms with Gasteiger partial charge in [0.15, 0.2) is 0 Å². The van der Waals surface area contributed by atoms with Crippen molar-refractivity contribution in [3.05, 3.63) is 0 Å². The van der Waals surface area contributed by atoms with Crippen LogP contribution in [-0.2, 0) is 0 Å². The van der Waals surface area contributed by atoms with Crippen molar-refractivity contribution in [3.63, 3.8) is 0 Å². The van der Waals surface area contributed by atoms with Gasteiger partial charge in [0, 0.05) is 6.04 Å². The normalized spacial score (nSPS) is 23.2. The Morgan fingerprint density at radius 1 is 1.36 bits per heavy atom. The summed E-state index contributed by atoms with van der Waals surface area (Å²) >= 11 is 0. The van der Waals surface area contributed by atoms with E-state index in [1.54, 1.807) is 0 Å². The summed E-state index contributed by atoms with van der Waals surface area (Å²) in [6.07, 6.45) is 4.42. The van der Waals surface area contributed by atoms with Crippen LogP contribution in [0.4, 0.5) is 0 Å². The maximum absolute atomic E-state index is 3.48. The fourth-order valence-electron chi connectivity index (χ4n) is 1.61. The molecule has 1 rings (SSSR count). The van der Waals surface area contributed by atoms with Crippen LogP contribution in [0.15, 0.2) is 0 Å². The van der Waals surface area contributed by atoms with Crippen molar-refractivity contribution >= 4 is 0 Å². The summed E-state index contributed by atoms with van der Waals surface area (Å²) in [4.78, 5) is 0. The van der Waals surface area contributed by atoms with E-state index in [1.807, 2.05) is 0 Å². The van der Waals surface area contributed by atoms with E-state index in [-0.39, 0.29) is 0 Å². The third-order valence-electron chi connectivity index (χ3n) is 2.78. The summed E-state index contributed by atoms with van der Waals surface area (Å²) in [7, 11) is 0. The average Bonchev–Trinajstić information content (AvgIpc) is 2.72. The first-order valence-electron chi connectivity index (χ1n) is 4.97. The molecule has 66 valence electrons. The van der Waals surface area contributed by atoms with Crippen LogP contribution in [0.25, 0.3) is 0 Å². The first kappa shape index (κ1) is 9.05. The highest BCUT2D eigenvalue weighted by atomic mass is 14.9. The van der Waals surface area contributed by atoms with E-state index in [2.05, 4.69) is 26.1 Å². The molecule has 1 N–H and O–H groups in total. The Morgan fingerprint density at radius 2 is 2.00 bits per heavy atom. The van der Waals surface area contributed by atoms with Crippen molar-refractivity contribution in [2.75, 3.05) is 6.54 Å². The van der Waals surface area contributed by atoms with Gasteiger partial charge in [-0.15, -0.1) is 0 Å². The first-order valence-corrected chi connectivity index (χ1v) is 4.97. The van der Waals surface area contributed by atoms with Crippen LogP contribution in [0.5, 0.6) is 0 Å². The maximum Gasteiger partial charge on any atom is 0.00643 e. The molecule has 0 aromatic rings. The second-order valence-corrected chi connectivity index (χ2v) is 4.00. The van der Waals surface area contributed by atoms with Crippen LogP contribution in [0.3, 0.4) is 0 Å². The first-order chi connectivity index (χ1) is 5.24. The third-order valence-corrected chi connectivity index (χ3v) is 2.78. The standard InChI is InChI=1S/C10H21N/c1-4-11-9(3)8(2)7-10-5-6-10/h8-11H,4-7H2,1-3H3. The van der Waals surface area contributed by atoms with Gasteiger partial charge < -0.3 is 5.32 Å². The highest BCUT2D eigenvalue weighted by molar-refractivity contribution is 4.79. The fraction of sp³-hybridized carbons (Fsp3) is 1.00. The molecule has 1 fully saturated rings. The van der Waals surface area contributed by atoms with Gasteiger partial charge in [0.25, 0.3) is 0 Å². The lowest BCUT2D eigenvalue weighted by molar-refractivity contribution is 0.370. The molecule has 0 aliphatic heterocycles. The molecule has 1 heteroatoms. The lowest BCUT2D eigenvalue weighted by atomic mass is 9.97. The highest BCUT2D eigenvalue weighted by Crippen LogP contribution is 2.35. The molecule has 11 heavy (non-hydrogen) atoms. The summed E-state index contributed by atoms with van der Waals surface area (Å²) in [5.74, 6) is 1.94. The smallest absolute Gasteiger partial charge is 0.00643 e. The van der Waals surface area contributed by atoms with Crippen molar-refractivity contribution in [3.8, 4) is 0 Å². The van der Waals surface area contributed by atoms with Crippen molar-refractivity contribution in [1.82, 2.24) is 5.32 Å². The van der Waals surface area contributed by atoms with E-state index in [4.69, 9.17) is 0 Å². The van der Waals surface area contributed by atoms with E-state index >= 15 is 0 Å². The fourth-order valence-corrected chi connectivity index (χ4v) is 1.61. The number of hydrogen-bond acceptors (Lipinski definition) is 1. The predicted molar refractivity (Wildman–Crippen MR) is 49.6 cm³/mol. The molecule has 2 atom stereocenters. The lowest BCUT2D eigenvalue weighted by Crippen LogP contribution is -2.32. The van der Waals surface area contributed by atoms with E-state index in [0.29, 0.717) is 6.04 Å². The van der Waals surface area contributed by atoms with Gasteiger partial charge in [0.1, 0.15) is 0 Å². The summed E-state index contributed by atoms with van der Waals surface area (Å²) < 4.78 is 0. The van der Waals surface area contributed by atoms with Gasteiger partial charge >= 0.3 is 0 Å². The summed E-state index contributed by atoms with van der Waals surface area (Å²) in [5, 5.41) is 3.48. The zero-order valence-corrected chi connectivity index (χ0v) is 8.06. The van der Waals surface area contributed by atoms with Gasteiger partial charge in [-0.3, -0.25) is 0 Å². The van der Waals surface area contributed by atoms with Gasteiger partial charge in [-0.05, 0) is 31.7 Å². The summed E-state index contributed by atoms with van der Waals surface area (Å²) in [6.45, 7) is 7.96. The Morgan fingerprint density at radius 3 is 2.45 bits per heavy atom. The molecule has 0 aromatic carbocycles. The molecule has 0 heterocycles. The van der Waals surface area contributed by atoms with Gasteiger partial charge in [-0.2, -0.15) is 0 Å². The zero-order chi connectivity index (χ0) is 8.27. The van der Waals surface area contributed by atoms with E-state index in [9.17, 15) is 0 Å². The molecular formula is C10H21N. The van der Waals surface area contributed by atoms with Crippen LogP contribution in [-0.4, -0.2) is 12.6 Å². The van der Waals surface area contributed by atoms with Gasteiger partial charge in [-0.25, -0.2) is 0 Å². The van der Waals surface area contributed by atoms with E-state index in [1.165, 1.54) is 19.3 Å². The minimum atomic E-state index is 0.709. The second kappa shape index (κ2) is 4.10. The average molecular weight is 155 g/mol. The molecule has 1 nitrogen and oxygen atoms in total. The Bertz CT molecular complexity index is 107. The predicted octanol–water partition coefficient (Wildman–Crippen LogP) is 2.42. The molecule has 0 radical (unpaired) electrons. The van der Waals surface area contributed by atoms with Crippen molar-refractivity contribution in [2.45, 2.75) is 46.1 Å². The van der Waals surface area contributed by atoms with Crippen molar-refractivity contribution in [2.24, 2.45) is 11.8 Å². The molecule has 0 amide bonds. The Hall–Kier alpha value is -0.0400. The lowest BCUT2D eigenvalue weighted by Gasteiger charge is -2.20. The Kier molecular flexibility index (Phi) is 3.38. The van der Waals surface area contributed by atoms with E-state index < -0.39 is 0 Å². The summed E-state index contributed by atoms with van der Waals surface area (Å²) in [6, 6.07) is 0.709. The number of rotatable bonds is 5. The maximum atomic E-state index is 3.48. The van der Waals surface area contributed by atoms with Crippen LogP contribution in [0.1, 0.15) is 40.0 Å². The minimum Gasteiger partial charge on any atom is -0.314 e. The molecule has 0 saturated heterocycles. The molecule has 2 unspecified atom stereocenters. The van der Waals surface area contributed by atoms with Crippen molar-refractivity contribution in [1.29, 1.82) is 0 Å². The number of nitrogens with one attached hydrogen (secondary N) is 1. The highest BCUT2D eigenvalue weighted by Gasteiger charge is 2.25. The van der Waals surface area contributed by atoms with Crippen LogP contribution in [0, 0.1) is 11.8 Å².